The second-order valence-electron chi connectivity index (χ2n) is 5.58. The molecule has 0 saturated heterocycles. The number of benzene rings is 1. The minimum absolute atomic E-state index is 0.0991. The molecular formula is C15H18F2N4O. The summed E-state index contributed by atoms with van der Waals surface area (Å²) in [6, 6.07) is 3.35. The number of aliphatic hydroxyl groups excluding tert-OH is 1. The fourth-order valence-electron chi connectivity index (χ4n) is 2.76. The molecule has 22 heavy (non-hydrogen) atoms. The molecule has 0 saturated carbocycles. The molecule has 0 bridgehead atoms. The highest BCUT2D eigenvalue weighted by Gasteiger charge is 2.22. The third kappa shape index (κ3) is 3.15. The van der Waals surface area contributed by atoms with Crippen molar-refractivity contribution in [2.45, 2.75) is 38.5 Å². The van der Waals surface area contributed by atoms with Crippen molar-refractivity contribution in [2.24, 2.45) is 0 Å². The summed E-state index contributed by atoms with van der Waals surface area (Å²) in [4.78, 5) is 4.34. The van der Waals surface area contributed by atoms with E-state index in [-0.39, 0.29) is 18.2 Å². The molecular weight excluding hydrogens is 290 g/mol. The van der Waals surface area contributed by atoms with Crippen LogP contribution in [0.25, 0.3) is 0 Å². The molecule has 5 nitrogen and oxygen atoms in total. The first-order valence-corrected chi connectivity index (χ1v) is 7.29. The van der Waals surface area contributed by atoms with Gasteiger partial charge in [-0.2, -0.15) is 5.10 Å². The Bertz CT molecular complexity index is 674. The molecule has 3 rings (SSSR count). The topological polar surface area (TPSA) is 63.0 Å². The molecule has 1 aromatic heterocycles. The Morgan fingerprint density at radius 3 is 3.05 bits per heavy atom. The molecule has 0 amide bonds. The van der Waals surface area contributed by atoms with Gasteiger partial charge in [0.25, 0.3) is 0 Å². The SMILES string of the molecule is Cc1nc2n(n1)C[C@@H](NC[C@@H](O)c1ccc(F)cc1F)CC2. The van der Waals surface area contributed by atoms with Gasteiger partial charge in [-0.15, -0.1) is 0 Å². The van der Waals surface area contributed by atoms with Crippen molar-refractivity contribution >= 4 is 0 Å². The molecule has 7 heteroatoms. The van der Waals surface area contributed by atoms with E-state index >= 15 is 0 Å². The molecule has 2 aromatic rings. The van der Waals surface area contributed by atoms with Gasteiger partial charge in [0.05, 0.1) is 12.6 Å². The normalized spacial score (nSPS) is 19.0. The third-order valence-corrected chi connectivity index (χ3v) is 3.89. The average molecular weight is 308 g/mol. The maximum absolute atomic E-state index is 13.6. The maximum atomic E-state index is 13.6. The molecule has 2 atom stereocenters. The smallest absolute Gasteiger partial charge is 0.147 e. The second kappa shape index (κ2) is 6.10. The molecule has 0 spiro atoms. The molecule has 2 N–H and O–H groups in total. The number of nitrogens with one attached hydrogen (secondary N) is 1. The van der Waals surface area contributed by atoms with Crippen molar-refractivity contribution < 1.29 is 13.9 Å². The monoisotopic (exact) mass is 308 g/mol. The van der Waals surface area contributed by atoms with Gasteiger partial charge in [0.2, 0.25) is 0 Å². The first kappa shape index (κ1) is 15.1. The highest BCUT2D eigenvalue weighted by atomic mass is 19.1. The molecule has 2 heterocycles. The predicted octanol–water partition coefficient (Wildman–Crippen LogP) is 1.50. The third-order valence-electron chi connectivity index (χ3n) is 3.89. The van der Waals surface area contributed by atoms with Gasteiger partial charge in [0.1, 0.15) is 23.3 Å². The van der Waals surface area contributed by atoms with Crippen molar-refractivity contribution in [3.05, 3.63) is 47.0 Å². The van der Waals surface area contributed by atoms with Crippen LogP contribution in [0.1, 0.15) is 29.7 Å². The lowest BCUT2D eigenvalue weighted by molar-refractivity contribution is 0.160. The lowest BCUT2D eigenvalue weighted by Gasteiger charge is -2.25. The summed E-state index contributed by atoms with van der Waals surface area (Å²) in [6.07, 6.45) is 0.690. The summed E-state index contributed by atoms with van der Waals surface area (Å²) in [6.45, 7) is 2.74. The molecule has 0 radical (unpaired) electrons. The number of nitrogens with zero attached hydrogens (tertiary/aromatic N) is 3. The Morgan fingerprint density at radius 1 is 1.45 bits per heavy atom. The molecule has 118 valence electrons. The van der Waals surface area contributed by atoms with E-state index < -0.39 is 17.7 Å². The number of fused-ring (bicyclic) bond motifs is 1. The number of aryl methyl sites for hydroxylation is 2. The van der Waals surface area contributed by atoms with E-state index in [1.165, 1.54) is 6.07 Å². The van der Waals surface area contributed by atoms with Crippen molar-refractivity contribution in [1.29, 1.82) is 0 Å². The van der Waals surface area contributed by atoms with Gasteiger partial charge in [-0.3, -0.25) is 0 Å². The van der Waals surface area contributed by atoms with Crippen molar-refractivity contribution in [2.75, 3.05) is 6.54 Å². The highest BCUT2D eigenvalue weighted by Crippen LogP contribution is 2.19. The molecule has 1 aliphatic rings. The van der Waals surface area contributed by atoms with Gasteiger partial charge < -0.3 is 10.4 Å². The van der Waals surface area contributed by atoms with Crippen molar-refractivity contribution in [1.82, 2.24) is 20.1 Å². The summed E-state index contributed by atoms with van der Waals surface area (Å²) in [7, 11) is 0. The largest absolute Gasteiger partial charge is 0.387 e. The Hall–Kier alpha value is -1.86. The molecule has 0 unspecified atom stereocenters. The van der Waals surface area contributed by atoms with Gasteiger partial charge in [-0.05, 0) is 19.4 Å². The van der Waals surface area contributed by atoms with Crippen LogP contribution in [0.15, 0.2) is 18.2 Å². The van der Waals surface area contributed by atoms with Gasteiger partial charge in [0.15, 0.2) is 0 Å². The van der Waals surface area contributed by atoms with E-state index in [4.69, 9.17) is 0 Å². The van der Waals surface area contributed by atoms with Crippen LogP contribution in [0.3, 0.4) is 0 Å². The number of halogens is 2. The molecule has 1 aromatic carbocycles. The maximum Gasteiger partial charge on any atom is 0.147 e. The molecule has 0 aliphatic carbocycles. The Labute approximate surface area is 127 Å². The Morgan fingerprint density at radius 2 is 2.27 bits per heavy atom. The molecule has 1 aliphatic heterocycles. The van der Waals surface area contributed by atoms with Crippen LogP contribution in [0, 0.1) is 18.6 Å². The van der Waals surface area contributed by atoms with E-state index in [2.05, 4.69) is 15.4 Å². The zero-order valence-electron chi connectivity index (χ0n) is 12.3. The van der Waals surface area contributed by atoms with Crippen molar-refractivity contribution in [3.8, 4) is 0 Å². The summed E-state index contributed by atoms with van der Waals surface area (Å²) in [5.74, 6) is 0.347. The number of hydrogen-bond donors (Lipinski definition) is 2. The van der Waals surface area contributed by atoms with E-state index in [9.17, 15) is 13.9 Å². The Kier molecular flexibility index (Phi) is 4.17. The molecule has 0 fully saturated rings. The summed E-state index contributed by atoms with van der Waals surface area (Å²) >= 11 is 0. The van der Waals surface area contributed by atoms with Gasteiger partial charge in [0, 0.05) is 30.6 Å². The summed E-state index contributed by atoms with van der Waals surface area (Å²) in [5, 5.41) is 17.6. The van der Waals surface area contributed by atoms with Crippen LogP contribution < -0.4 is 5.32 Å². The first-order chi connectivity index (χ1) is 10.5. The summed E-state index contributed by atoms with van der Waals surface area (Å²) < 4.78 is 28.4. The van der Waals surface area contributed by atoms with Crippen LogP contribution >= 0.6 is 0 Å². The lowest BCUT2D eigenvalue weighted by atomic mass is 10.1. The quantitative estimate of drug-likeness (QED) is 0.898. The number of aliphatic hydroxyl groups is 1. The van der Waals surface area contributed by atoms with Crippen LogP contribution in [0.2, 0.25) is 0 Å². The van der Waals surface area contributed by atoms with Crippen LogP contribution in [0.4, 0.5) is 8.78 Å². The average Bonchev–Trinajstić information content (AvgIpc) is 2.84. The summed E-state index contributed by atoms with van der Waals surface area (Å²) in [5.41, 5.74) is 0.0991. The Balaban J connectivity index is 1.59. The second-order valence-corrected chi connectivity index (χ2v) is 5.58. The van der Waals surface area contributed by atoms with E-state index in [1.807, 2.05) is 11.6 Å². The standard InChI is InChI=1S/C15H18F2N4O/c1-9-19-15-5-3-11(8-21(15)20-9)18-7-14(22)12-4-2-10(16)6-13(12)17/h2,4,6,11,14,18,22H,3,5,7-8H2,1H3/t11-,14+/m0/s1. The van der Waals surface area contributed by atoms with Crippen LogP contribution in [-0.2, 0) is 13.0 Å². The number of hydrogen-bond acceptors (Lipinski definition) is 4. The fourth-order valence-corrected chi connectivity index (χ4v) is 2.76. The fraction of sp³-hybridized carbons (Fsp3) is 0.467. The van der Waals surface area contributed by atoms with Crippen molar-refractivity contribution in [3.63, 3.8) is 0 Å². The van der Waals surface area contributed by atoms with E-state index in [0.29, 0.717) is 6.54 Å². The minimum atomic E-state index is -1.01. The highest BCUT2D eigenvalue weighted by molar-refractivity contribution is 5.21. The van der Waals surface area contributed by atoms with Crippen LogP contribution in [0.5, 0.6) is 0 Å². The van der Waals surface area contributed by atoms with Gasteiger partial charge in [-0.25, -0.2) is 18.4 Å². The van der Waals surface area contributed by atoms with E-state index in [1.54, 1.807) is 0 Å². The lowest BCUT2D eigenvalue weighted by Crippen LogP contribution is -2.39. The number of aromatic nitrogens is 3. The number of rotatable bonds is 4. The van der Waals surface area contributed by atoms with Crippen LogP contribution in [-0.4, -0.2) is 32.5 Å². The van der Waals surface area contributed by atoms with E-state index in [0.717, 1.165) is 36.6 Å². The van der Waals surface area contributed by atoms with Gasteiger partial charge >= 0.3 is 0 Å². The predicted molar refractivity (Wildman–Crippen MR) is 76.2 cm³/mol. The first-order valence-electron chi connectivity index (χ1n) is 7.29. The van der Waals surface area contributed by atoms with Gasteiger partial charge in [-0.1, -0.05) is 6.07 Å². The zero-order valence-corrected chi connectivity index (χ0v) is 12.3. The zero-order chi connectivity index (χ0) is 15.7. The minimum Gasteiger partial charge on any atom is -0.387 e.